The Morgan fingerprint density at radius 3 is 2.36 bits per heavy atom. The van der Waals surface area contributed by atoms with E-state index >= 15 is 0 Å². The van der Waals surface area contributed by atoms with Crippen molar-refractivity contribution in [1.29, 1.82) is 0 Å². The van der Waals surface area contributed by atoms with Crippen LogP contribution in [0.1, 0.15) is 5.89 Å². The Balaban J connectivity index is 1.34. The summed E-state index contributed by atoms with van der Waals surface area (Å²) >= 11 is 0. The molecule has 0 bridgehead atoms. The second kappa shape index (κ2) is 8.31. The number of nitrogens with zero attached hydrogens (tertiary/aromatic N) is 4. The molecule has 146 valence electrons. The van der Waals surface area contributed by atoms with E-state index in [2.05, 4.69) is 32.1 Å². The summed E-state index contributed by atoms with van der Waals surface area (Å²) < 4.78 is 16.3. The Morgan fingerprint density at radius 2 is 1.64 bits per heavy atom. The van der Waals surface area contributed by atoms with Crippen molar-refractivity contribution in [2.45, 2.75) is 6.54 Å². The third kappa shape index (κ3) is 4.09. The van der Waals surface area contributed by atoms with Crippen LogP contribution in [0.2, 0.25) is 0 Å². The number of hydrogen-bond acceptors (Lipinski definition) is 7. The Bertz CT molecular complexity index is 902. The van der Waals surface area contributed by atoms with Crippen LogP contribution in [0, 0.1) is 0 Å². The molecule has 0 amide bonds. The smallest absolute Gasteiger partial charge is 0.247 e. The second-order valence-electron chi connectivity index (χ2n) is 6.69. The zero-order valence-electron chi connectivity index (χ0n) is 16.2. The van der Waals surface area contributed by atoms with E-state index in [0.29, 0.717) is 18.3 Å². The molecule has 0 aliphatic carbocycles. The van der Waals surface area contributed by atoms with Gasteiger partial charge in [0.15, 0.2) is 0 Å². The first kappa shape index (κ1) is 18.3. The predicted octanol–water partition coefficient (Wildman–Crippen LogP) is 3.08. The molecule has 1 fully saturated rings. The van der Waals surface area contributed by atoms with Gasteiger partial charge in [0, 0.05) is 37.4 Å². The van der Waals surface area contributed by atoms with Crippen molar-refractivity contribution in [3.05, 3.63) is 54.4 Å². The summed E-state index contributed by atoms with van der Waals surface area (Å²) in [5.41, 5.74) is 2.08. The van der Waals surface area contributed by atoms with Crippen molar-refractivity contribution in [1.82, 2.24) is 15.1 Å². The monoisotopic (exact) mass is 380 g/mol. The van der Waals surface area contributed by atoms with Crippen molar-refractivity contribution in [3.63, 3.8) is 0 Å². The van der Waals surface area contributed by atoms with E-state index in [1.54, 1.807) is 14.2 Å². The Morgan fingerprint density at radius 1 is 0.893 bits per heavy atom. The minimum absolute atomic E-state index is 0.519. The molecule has 0 saturated carbocycles. The Hall–Kier alpha value is -3.06. The summed E-state index contributed by atoms with van der Waals surface area (Å²) in [7, 11) is 3.33. The molecule has 1 aliphatic rings. The number of piperazine rings is 1. The van der Waals surface area contributed by atoms with Gasteiger partial charge < -0.3 is 18.8 Å². The van der Waals surface area contributed by atoms with Crippen molar-refractivity contribution in [2.24, 2.45) is 0 Å². The lowest BCUT2D eigenvalue weighted by molar-refractivity contribution is 0.227. The zero-order chi connectivity index (χ0) is 19.3. The van der Waals surface area contributed by atoms with Crippen molar-refractivity contribution in [2.75, 3.05) is 45.3 Å². The molecule has 0 N–H and O–H groups in total. The summed E-state index contributed by atoms with van der Waals surface area (Å²) in [6.07, 6.45) is 0. The van der Waals surface area contributed by atoms with Crippen LogP contribution in [0.5, 0.6) is 11.5 Å². The van der Waals surface area contributed by atoms with Crippen LogP contribution in [-0.2, 0) is 6.54 Å². The summed E-state index contributed by atoms with van der Waals surface area (Å²) in [6.45, 7) is 4.48. The van der Waals surface area contributed by atoms with Crippen molar-refractivity contribution in [3.8, 4) is 23.0 Å². The van der Waals surface area contributed by atoms with Gasteiger partial charge in [-0.05, 0) is 42.5 Å². The molecule has 2 heterocycles. The SMILES string of the molecule is COc1ccc(N2CCN(Cc3nnc(-c4cccc(OC)c4)o3)CC2)cc1. The van der Waals surface area contributed by atoms with Crippen molar-refractivity contribution >= 4 is 5.69 Å². The van der Waals surface area contributed by atoms with E-state index in [-0.39, 0.29) is 0 Å². The summed E-state index contributed by atoms with van der Waals surface area (Å²) in [6, 6.07) is 15.8. The van der Waals surface area contributed by atoms with Gasteiger partial charge in [-0.3, -0.25) is 4.90 Å². The quantitative estimate of drug-likeness (QED) is 0.651. The van der Waals surface area contributed by atoms with Crippen LogP contribution in [0.3, 0.4) is 0 Å². The normalized spacial score (nSPS) is 14.9. The molecule has 0 spiro atoms. The van der Waals surface area contributed by atoms with E-state index in [1.807, 2.05) is 36.4 Å². The van der Waals surface area contributed by atoms with Gasteiger partial charge in [-0.15, -0.1) is 10.2 Å². The lowest BCUT2D eigenvalue weighted by Gasteiger charge is -2.35. The van der Waals surface area contributed by atoms with Crippen molar-refractivity contribution < 1.29 is 13.9 Å². The van der Waals surface area contributed by atoms with Crippen LogP contribution < -0.4 is 14.4 Å². The Kier molecular flexibility index (Phi) is 5.43. The first-order valence-electron chi connectivity index (χ1n) is 9.33. The van der Waals surface area contributed by atoms with Gasteiger partial charge >= 0.3 is 0 Å². The molecular formula is C21H24N4O3. The van der Waals surface area contributed by atoms with Gasteiger partial charge in [-0.1, -0.05) is 6.07 Å². The highest BCUT2D eigenvalue weighted by atomic mass is 16.5. The molecule has 7 nitrogen and oxygen atoms in total. The molecule has 3 aromatic rings. The molecule has 28 heavy (non-hydrogen) atoms. The summed E-state index contributed by atoms with van der Waals surface area (Å²) in [5, 5.41) is 8.40. The summed E-state index contributed by atoms with van der Waals surface area (Å²) in [4.78, 5) is 4.72. The average molecular weight is 380 g/mol. The van der Waals surface area contributed by atoms with Gasteiger partial charge in [0.25, 0.3) is 0 Å². The third-order valence-electron chi connectivity index (χ3n) is 4.95. The molecule has 1 aromatic heterocycles. The minimum Gasteiger partial charge on any atom is -0.497 e. The topological polar surface area (TPSA) is 63.9 Å². The lowest BCUT2D eigenvalue weighted by Crippen LogP contribution is -2.46. The number of anilines is 1. The molecule has 1 saturated heterocycles. The van der Waals surface area contributed by atoms with Gasteiger partial charge in [-0.2, -0.15) is 0 Å². The molecule has 1 aliphatic heterocycles. The van der Waals surface area contributed by atoms with E-state index < -0.39 is 0 Å². The number of methoxy groups -OCH3 is 2. The predicted molar refractivity (Wildman–Crippen MR) is 107 cm³/mol. The standard InChI is InChI=1S/C21H24N4O3/c1-26-18-8-6-17(7-9-18)25-12-10-24(11-13-25)15-20-22-23-21(28-20)16-4-3-5-19(14-16)27-2/h3-9,14H,10-13,15H2,1-2H3. The molecule has 0 atom stereocenters. The van der Waals surface area contributed by atoms with E-state index in [9.17, 15) is 0 Å². The van der Waals surface area contributed by atoms with Gasteiger partial charge in [0.1, 0.15) is 11.5 Å². The van der Waals surface area contributed by atoms with E-state index in [1.165, 1.54) is 5.69 Å². The largest absolute Gasteiger partial charge is 0.497 e. The van der Waals surface area contributed by atoms with Crippen LogP contribution in [0.4, 0.5) is 5.69 Å². The second-order valence-corrected chi connectivity index (χ2v) is 6.69. The molecular weight excluding hydrogens is 356 g/mol. The van der Waals surface area contributed by atoms with Gasteiger partial charge in [0.2, 0.25) is 11.8 Å². The number of ether oxygens (including phenoxy) is 2. The van der Waals surface area contributed by atoms with Crippen LogP contribution in [-0.4, -0.2) is 55.5 Å². The zero-order valence-corrected chi connectivity index (χ0v) is 16.2. The number of benzene rings is 2. The molecule has 0 radical (unpaired) electrons. The fourth-order valence-electron chi connectivity index (χ4n) is 3.34. The molecule has 7 heteroatoms. The number of hydrogen-bond donors (Lipinski definition) is 0. The highest BCUT2D eigenvalue weighted by Gasteiger charge is 2.20. The number of aromatic nitrogens is 2. The maximum atomic E-state index is 5.86. The maximum Gasteiger partial charge on any atom is 0.247 e. The van der Waals surface area contributed by atoms with E-state index in [0.717, 1.165) is 43.2 Å². The lowest BCUT2D eigenvalue weighted by atomic mass is 10.2. The van der Waals surface area contributed by atoms with E-state index in [4.69, 9.17) is 13.9 Å². The van der Waals surface area contributed by atoms with Gasteiger partial charge in [-0.25, -0.2) is 0 Å². The molecule has 0 unspecified atom stereocenters. The molecule has 2 aromatic carbocycles. The summed E-state index contributed by atoms with van der Waals surface area (Å²) in [5.74, 6) is 2.80. The fourth-order valence-corrected chi connectivity index (χ4v) is 3.34. The average Bonchev–Trinajstić information content (AvgIpc) is 3.23. The van der Waals surface area contributed by atoms with Crippen LogP contribution in [0.15, 0.2) is 52.9 Å². The van der Waals surface area contributed by atoms with Crippen LogP contribution >= 0.6 is 0 Å². The minimum atomic E-state index is 0.519. The molecule has 4 rings (SSSR count). The first-order valence-corrected chi connectivity index (χ1v) is 9.33. The third-order valence-corrected chi connectivity index (χ3v) is 4.95. The van der Waals surface area contributed by atoms with Crippen LogP contribution in [0.25, 0.3) is 11.5 Å². The number of rotatable bonds is 6. The maximum absolute atomic E-state index is 5.86. The fraction of sp³-hybridized carbons (Fsp3) is 0.333. The van der Waals surface area contributed by atoms with Gasteiger partial charge in [0.05, 0.1) is 20.8 Å². The highest BCUT2D eigenvalue weighted by Crippen LogP contribution is 2.24. The first-order chi connectivity index (χ1) is 13.7. The highest BCUT2D eigenvalue weighted by molar-refractivity contribution is 5.55. The Labute approximate surface area is 164 Å².